The molecule has 1 aromatic carbocycles. The van der Waals surface area contributed by atoms with Gasteiger partial charge < -0.3 is 9.64 Å². The lowest BCUT2D eigenvalue weighted by Gasteiger charge is -2.30. The molecule has 19 heavy (non-hydrogen) atoms. The maximum absolute atomic E-state index is 12.0. The van der Waals surface area contributed by atoms with Crippen LogP contribution in [0.25, 0.3) is 0 Å². The van der Waals surface area contributed by atoms with Gasteiger partial charge in [-0.25, -0.2) is 0 Å². The van der Waals surface area contributed by atoms with E-state index in [1.807, 2.05) is 4.90 Å². The molecule has 1 atom stereocenters. The Bertz CT molecular complexity index is 458. The first-order chi connectivity index (χ1) is 9.20. The smallest absolute Gasteiger partial charge is 0.260 e. The largest absolute Gasteiger partial charge is 0.483 e. The van der Waals surface area contributed by atoms with Crippen molar-refractivity contribution in [3.05, 3.63) is 29.8 Å². The van der Waals surface area contributed by atoms with E-state index in [9.17, 15) is 9.59 Å². The molecule has 102 valence electrons. The molecule has 1 unspecified atom stereocenters. The third kappa shape index (κ3) is 3.56. The number of hydrogen-bond donors (Lipinski definition) is 0. The third-order valence-electron chi connectivity index (χ3n) is 3.41. The summed E-state index contributed by atoms with van der Waals surface area (Å²) >= 11 is 0. The van der Waals surface area contributed by atoms with Crippen molar-refractivity contribution in [2.75, 3.05) is 19.7 Å². The van der Waals surface area contributed by atoms with Crippen LogP contribution in [-0.4, -0.2) is 36.8 Å². The van der Waals surface area contributed by atoms with Crippen molar-refractivity contribution < 1.29 is 14.3 Å². The quantitative estimate of drug-likeness (QED) is 0.780. The van der Waals surface area contributed by atoms with E-state index in [-0.39, 0.29) is 12.5 Å². The lowest BCUT2D eigenvalue weighted by molar-refractivity contribution is -0.135. The van der Waals surface area contributed by atoms with E-state index in [2.05, 4.69) is 6.92 Å². The van der Waals surface area contributed by atoms with Crippen molar-refractivity contribution in [1.29, 1.82) is 0 Å². The lowest BCUT2D eigenvalue weighted by Crippen LogP contribution is -2.41. The second-order valence-electron chi connectivity index (χ2n) is 5.03. The van der Waals surface area contributed by atoms with E-state index >= 15 is 0 Å². The molecule has 1 fully saturated rings. The van der Waals surface area contributed by atoms with Gasteiger partial charge in [0.25, 0.3) is 5.91 Å². The number of piperidine rings is 1. The van der Waals surface area contributed by atoms with Crippen molar-refractivity contribution in [3.8, 4) is 5.75 Å². The topological polar surface area (TPSA) is 46.6 Å². The summed E-state index contributed by atoms with van der Waals surface area (Å²) in [5, 5.41) is 0. The minimum absolute atomic E-state index is 0.00241. The van der Waals surface area contributed by atoms with Crippen LogP contribution in [0.5, 0.6) is 5.75 Å². The molecular weight excluding hydrogens is 242 g/mol. The van der Waals surface area contributed by atoms with E-state index in [1.165, 1.54) is 6.42 Å². The number of aldehydes is 1. The van der Waals surface area contributed by atoms with E-state index in [4.69, 9.17) is 4.74 Å². The van der Waals surface area contributed by atoms with Crippen LogP contribution in [0.1, 0.15) is 30.1 Å². The van der Waals surface area contributed by atoms with E-state index < -0.39 is 0 Å². The van der Waals surface area contributed by atoms with Crippen LogP contribution in [0.15, 0.2) is 24.3 Å². The molecule has 0 N–H and O–H groups in total. The van der Waals surface area contributed by atoms with Gasteiger partial charge in [-0.15, -0.1) is 0 Å². The van der Waals surface area contributed by atoms with E-state index in [1.54, 1.807) is 24.3 Å². The zero-order valence-corrected chi connectivity index (χ0v) is 11.2. The second-order valence-corrected chi connectivity index (χ2v) is 5.03. The van der Waals surface area contributed by atoms with Gasteiger partial charge in [0, 0.05) is 13.1 Å². The summed E-state index contributed by atoms with van der Waals surface area (Å²) in [5.41, 5.74) is 0.474. The fourth-order valence-electron chi connectivity index (χ4n) is 2.36. The number of likely N-dealkylation sites (tertiary alicyclic amines) is 1. The van der Waals surface area contributed by atoms with Gasteiger partial charge >= 0.3 is 0 Å². The Morgan fingerprint density at radius 1 is 1.47 bits per heavy atom. The lowest BCUT2D eigenvalue weighted by atomic mass is 10.0. The van der Waals surface area contributed by atoms with Gasteiger partial charge in [-0.3, -0.25) is 9.59 Å². The molecule has 0 aliphatic carbocycles. The summed E-state index contributed by atoms with van der Waals surface area (Å²) in [7, 11) is 0. The molecule has 2 rings (SSSR count). The highest BCUT2D eigenvalue weighted by molar-refractivity contribution is 5.80. The Morgan fingerprint density at radius 3 is 3.00 bits per heavy atom. The minimum Gasteiger partial charge on any atom is -0.483 e. The molecule has 0 bridgehead atoms. The second kappa shape index (κ2) is 6.36. The molecule has 0 saturated carbocycles. The molecule has 0 aromatic heterocycles. The van der Waals surface area contributed by atoms with Crippen LogP contribution in [0.2, 0.25) is 0 Å². The Hall–Kier alpha value is -1.84. The molecular formula is C15H19NO3. The number of para-hydroxylation sites is 1. The van der Waals surface area contributed by atoms with Gasteiger partial charge in [0.05, 0.1) is 5.56 Å². The van der Waals surface area contributed by atoms with Crippen LogP contribution < -0.4 is 4.74 Å². The molecule has 1 aromatic rings. The van der Waals surface area contributed by atoms with Gasteiger partial charge in [-0.2, -0.15) is 0 Å². The Labute approximate surface area is 113 Å². The first-order valence-corrected chi connectivity index (χ1v) is 6.65. The SMILES string of the molecule is CC1CCCN(C(=O)COc2ccccc2C=O)C1. The molecule has 4 heteroatoms. The molecule has 4 nitrogen and oxygen atoms in total. The van der Waals surface area contributed by atoms with E-state index in [0.717, 1.165) is 25.8 Å². The van der Waals surface area contributed by atoms with Crippen molar-refractivity contribution in [2.24, 2.45) is 5.92 Å². The average molecular weight is 261 g/mol. The van der Waals surface area contributed by atoms with Gasteiger partial charge in [0.2, 0.25) is 0 Å². The first kappa shape index (κ1) is 13.6. The van der Waals surface area contributed by atoms with E-state index in [0.29, 0.717) is 17.2 Å². The van der Waals surface area contributed by atoms with Gasteiger partial charge in [0.15, 0.2) is 12.9 Å². The predicted octanol–water partition coefficient (Wildman–Crippen LogP) is 2.14. The number of nitrogens with zero attached hydrogens (tertiary/aromatic N) is 1. The van der Waals surface area contributed by atoms with Crippen molar-refractivity contribution >= 4 is 12.2 Å². The molecule has 1 heterocycles. The monoisotopic (exact) mass is 261 g/mol. The Balaban J connectivity index is 1.91. The van der Waals surface area contributed by atoms with Crippen molar-refractivity contribution in [2.45, 2.75) is 19.8 Å². The number of carbonyl (C=O) groups excluding carboxylic acids is 2. The fourth-order valence-corrected chi connectivity index (χ4v) is 2.36. The van der Waals surface area contributed by atoms with Gasteiger partial charge in [0.1, 0.15) is 5.75 Å². The van der Waals surface area contributed by atoms with Crippen LogP contribution in [0, 0.1) is 5.92 Å². The average Bonchev–Trinajstić information content (AvgIpc) is 2.45. The standard InChI is InChI=1S/C15H19NO3/c1-12-5-4-8-16(9-12)15(18)11-19-14-7-3-2-6-13(14)10-17/h2-3,6-7,10,12H,4-5,8-9,11H2,1H3. The maximum atomic E-state index is 12.0. The van der Waals surface area contributed by atoms with Crippen molar-refractivity contribution in [1.82, 2.24) is 4.90 Å². The zero-order chi connectivity index (χ0) is 13.7. The number of hydrogen-bond acceptors (Lipinski definition) is 3. The van der Waals surface area contributed by atoms with Crippen LogP contribution >= 0.6 is 0 Å². The molecule has 0 spiro atoms. The van der Waals surface area contributed by atoms with Gasteiger partial charge in [-0.05, 0) is 30.9 Å². The highest BCUT2D eigenvalue weighted by atomic mass is 16.5. The molecule has 0 radical (unpaired) electrons. The summed E-state index contributed by atoms with van der Waals surface area (Å²) < 4.78 is 5.46. The normalized spacial score (nSPS) is 19.0. The molecule has 1 aliphatic heterocycles. The number of rotatable bonds is 4. The summed E-state index contributed by atoms with van der Waals surface area (Å²) in [6.07, 6.45) is 2.97. The summed E-state index contributed by atoms with van der Waals surface area (Å²) in [5.74, 6) is 1.02. The highest BCUT2D eigenvalue weighted by Gasteiger charge is 2.21. The summed E-state index contributed by atoms with van der Waals surface area (Å²) in [6, 6.07) is 6.94. The summed E-state index contributed by atoms with van der Waals surface area (Å²) in [6.45, 7) is 3.76. The number of amides is 1. The number of ether oxygens (including phenoxy) is 1. The van der Waals surface area contributed by atoms with Crippen LogP contribution in [-0.2, 0) is 4.79 Å². The van der Waals surface area contributed by atoms with Crippen LogP contribution in [0.4, 0.5) is 0 Å². The summed E-state index contributed by atoms with van der Waals surface area (Å²) in [4.78, 5) is 24.7. The van der Waals surface area contributed by atoms with Crippen molar-refractivity contribution in [3.63, 3.8) is 0 Å². The number of carbonyl (C=O) groups is 2. The first-order valence-electron chi connectivity index (χ1n) is 6.65. The molecule has 1 aliphatic rings. The minimum atomic E-state index is -0.00717. The Morgan fingerprint density at radius 2 is 2.26 bits per heavy atom. The fraction of sp³-hybridized carbons (Fsp3) is 0.467. The van der Waals surface area contributed by atoms with Crippen LogP contribution in [0.3, 0.4) is 0 Å². The number of benzene rings is 1. The molecule has 1 amide bonds. The third-order valence-corrected chi connectivity index (χ3v) is 3.41. The highest BCUT2D eigenvalue weighted by Crippen LogP contribution is 2.18. The molecule has 1 saturated heterocycles. The Kier molecular flexibility index (Phi) is 4.55. The zero-order valence-electron chi connectivity index (χ0n) is 11.2. The van der Waals surface area contributed by atoms with Gasteiger partial charge in [-0.1, -0.05) is 19.1 Å². The predicted molar refractivity (Wildman–Crippen MR) is 72.3 cm³/mol. The maximum Gasteiger partial charge on any atom is 0.260 e.